The fourth-order valence-corrected chi connectivity index (χ4v) is 3.53. The van der Waals surface area contributed by atoms with Crippen LogP contribution >= 0.6 is 0 Å². The number of amides is 1. The van der Waals surface area contributed by atoms with Crippen LogP contribution in [-0.4, -0.2) is 50.5 Å². The summed E-state index contributed by atoms with van der Waals surface area (Å²) >= 11 is 0. The topological polar surface area (TPSA) is 63.1 Å². The van der Waals surface area contributed by atoms with Crippen molar-refractivity contribution >= 4 is 23.1 Å². The first-order valence-corrected chi connectivity index (χ1v) is 10.2. The molecule has 2 aromatic rings. The monoisotopic (exact) mass is 396 g/mol. The summed E-state index contributed by atoms with van der Waals surface area (Å²) < 4.78 is 5.76. The lowest BCUT2D eigenvalue weighted by Gasteiger charge is -2.34. The number of hydrogen-bond acceptors (Lipinski definition) is 4. The Labute approximate surface area is 172 Å². The van der Waals surface area contributed by atoms with E-state index in [9.17, 15) is 9.59 Å². The zero-order valence-corrected chi connectivity index (χ0v) is 17.4. The number of benzene rings is 2. The maximum atomic E-state index is 12.7. The summed E-state index contributed by atoms with van der Waals surface area (Å²) in [7, 11) is 0. The van der Waals surface area contributed by atoms with Crippen molar-refractivity contribution in [3.63, 3.8) is 0 Å². The highest BCUT2D eigenvalue weighted by Crippen LogP contribution is 2.26. The molecule has 0 unspecified atom stereocenters. The van der Waals surface area contributed by atoms with E-state index in [1.54, 1.807) is 36.1 Å². The van der Waals surface area contributed by atoms with Crippen LogP contribution < -0.4 is 19.9 Å². The Balaban J connectivity index is 1.63. The number of nitrogens with zero attached hydrogens (tertiary/aromatic N) is 1. The molecule has 154 valence electrons. The predicted octanol–water partition coefficient (Wildman–Crippen LogP) is 2.02. The van der Waals surface area contributed by atoms with Gasteiger partial charge in [0.25, 0.3) is 5.91 Å². The molecule has 1 aliphatic rings. The largest absolute Gasteiger partial charge is 0.481 e. The lowest BCUT2D eigenvalue weighted by molar-refractivity contribution is -0.898. The highest BCUT2D eigenvalue weighted by atomic mass is 16.5. The summed E-state index contributed by atoms with van der Waals surface area (Å²) in [6.07, 6.45) is -0.660. The smallest absolute Gasteiger partial charge is 0.265 e. The molecule has 1 atom stereocenters. The Morgan fingerprint density at radius 1 is 1.10 bits per heavy atom. The predicted molar refractivity (Wildman–Crippen MR) is 115 cm³/mol. The lowest BCUT2D eigenvalue weighted by Crippen LogP contribution is -3.14. The van der Waals surface area contributed by atoms with Crippen LogP contribution in [0.3, 0.4) is 0 Å². The van der Waals surface area contributed by atoms with Gasteiger partial charge in [-0.3, -0.25) is 9.59 Å². The Bertz CT molecular complexity index is 843. The number of nitrogens with one attached hydrogen (secondary N) is 2. The van der Waals surface area contributed by atoms with Crippen LogP contribution in [0.2, 0.25) is 0 Å². The van der Waals surface area contributed by atoms with E-state index >= 15 is 0 Å². The van der Waals surface area contributed by atoms with Crippen molar-refractivity contribution in [3.05, 3.63) is 54.1 Å². The molecule has 0 bridgehead atoms. The van der Waals surface area contributed by atoms with Crippen LogP contribution in [0, 0.1) is 0 Å². The third-order valence-electron chi connectivity index (χ3n) is 5.42. The summed E-state index contributed by atoms with van der Waals surface area (Å²) in [4.78, 5) is 28.0. The lowest BCUT2D eigenvalue weighted by atomic mass is 10.1. The van der Waals surface area contributed by atoms with E-state index in [1.165, 1.54) is 6.92 Å². The molecule has 2 N–H and O–H groups in total. The first-order chi connectivity index (χ1) is 14.0. The molecular formula is C23H30N3O3+. The van der Waals surface area contributed by atoms with E-state index in [1.807, 2.05) is 18.2 Å². The SMILES string of the molecule is CC[NH+]1CCN(c2ccccc2NC(=O)[C@H](C)Oc2ccc(C(C)=O)cc2)CC1. The number of ether oxygens (including phenoxy) is 1. The van der Waals surface area contributed by atoms with Gasteiger partial charge in [0, 0.05) is 5.56 Å². The second-order valence-electron chi connectivity index (χ2n) is 7.44. The molecule has 0 saturated carbocycles. The quantitative estimate of drug-likeness (QED) is 0.703. The van der Waals surface area contributed by atoms with Gasteiger partial charge in [0.1, 0.15) is 5.75 Å². The van der Waals surface area contributed by atoms with Gasteiger partial charge < -0.3 is 19.9 Å². The molecule has 1 fully saturated rings. The third-order valence-corrected chi connectivity index (χ3v) is 5.42. The molecule has 6 nitrogen and oxygen atoms in total. The minimum atomic E-state index is -0.660. The maximum Gasteiger partial charge on any atom is 0.265 e. The van der Waals surface area contributed by atoms with Crippen LogP contribution in [-0.2, 0) is 4.79 Å². The summed E-state index contributed by atoms with van der Waals surface area (Å²) in [5, 5.41) is 3.02. The molecule has 0 aromatic heterocycles. The van der Waals surface area contributed by atoms with Gasteiger partial charge in [-0.05, 0) is 57.2 Å². The minimum absolute atomic E-state index is 0.000295. The number of likely N-dealkylation sites (N-methyl/N-ethyl adjacent to an activating group) is 1. The Kier molecular flexibility index (Phi) is 6.88. The maximum absolute atomic E-state index is 12.7. The molecule has 1 amide bonds. The fraction of sp³-hybridized carbons (Fsp3) is 0.391. The summed E-state index contributed by atoms with van der Waals surface area (Å²) in [6.45, 7) is 10.8. The first kappa shape index (κ1) is 20.9. The van der Waals surface area contributed by atoms with Crippen molar-refractivity contribution in [2.75, 3.05) is 42.9 Å². The highest BCUT2D eigenvalue weighted by molar-refractivity contribution is 5.97. The number of carbonyl (C=O) groups is 2. The summed E-state index contributed by atoms with van der Waals surface area (Å²) in [5.74, 6) is 0.357. The molecule has 1 aliphatic heterocycles. The van der Waals surface area contributed by atoms with Crippen LogP contribution in [0.5, 0.6) is 5.75 Å². The second kappa shape index (κ2) is 9.56. The normalized spacial score (nSPS) is 15.6. The van der Waals surface area contributed by atoms with Gasteiger partial charge in [-0.2, -0.15) is 0 Å². The average Bonchev–Trinajstić information content (AvgIpc) is 2.74. The molecule has 3 rings (SSSR count). The number of quaternary nitrogens is 1. The first-order valence-electron chi connectivity index (χ1n) is 10.2. The van der Waals surface area contributed by atoms with Crippen molar-refractivity contribution in [2.45, 2.75) is 26.9 Å². The molecule has 1 heterocycles. The van der Waals surface area contributed by atoms with Gasteiger partial charge in [0.05, 0.1) is 44.1 Å². The Hall–Kier alpha value is -2.86. The van der Waals surface area contributed by atoms with Gasteiger partial charge in [0.2, 0.25) is 0 Å². The second-order valence-corrected chi connectivity index (χ2v) is 7.44. The Morgan fingerprint density at radius 3 is 2.38 bits per heavy atom. The number of hydrogen-bond donors (Lipinski definition) is 2. The standard InChI is InChI=1S/C23H29N3O3/c1-4-25-13-15-26(16-14-25)22-8-6-5-7-21(22)24-23(28)18(3)29-20-11-9-19(10-12-20)17(2)27/h5-12,18H,4,13-16H2,1-3H3,(H,24,28)/p+1/t18-/m0/s1. The van der Waals surface area contributed by atoms with E-state index in [4.69, 9.17) is 4.74 Å². The zero-order chi connectivity index (χ0) is 20.8. The zero-order valence-electron chi connectivity index (χ0n) is 17.4. The van der Waals surface area contributed by atoms with Gasteiger partial charge in [-0.15, -0.1) is 0 Å². The molecule has 0 spiro atoms. The average molecular weight is 397 g/mol. The van der Waals surface area contributed by atoms with E-state index in [-0.39, 0.29) is 11.7 Å². The van der Waals surface area contributed by atoms with Crippen LogP contribution in [0.4, 0.5) is 11.4 Å². The molecule has 29 heavy (non-hydrogen) atoms. The van der Waals surface area contributed by atoms with Crippen LogP contribution in [0.15, 0.2) is 48.5 Å². The van der Waals surface area contributed by atoms with Crippen LogP contribution in [0.25, 0.3) is 0 Å². The summed E-state index contributed by atoms with van der Waals surface area (Å²) in [5.41, 5.74) is 2.47. The minimum Gasteiger partial charge on any atom is -0.481 e. The molecule has 1 saturated heterocycles. The molecule has 0 radical (unpaired) electrons. The van der Waals surface area contributed by atoms with E-state index in [2.05, 4.69) is 23.2 Å². The number of anilines is 2. The third kappa shape index (κ3) is 5.35. The van der Waals surface area contributed by atoms with Crippen LogP contribution in [0.1, 0.15) is 31.1 Å². The summed E-state index contributed by atoms with van der Waals surface area (Å²) in [6, 6.07) is 14.7. The van der Waals surface area contributed by atoms with Crippen molar-refractivity contribution in [1.29, 1.82) is 0 Å². The number of Topliss-reactive ketones (excluding diaryl/α,β-unsaturated/α-hetero) is 1. The van der Waals surface area contributed by atoms with Gasteiger partial charge in [0.15, 0.2) is 11.9 Å². The number of rotatable bonds is 7. The highest BCUT2D eigenvalue weighted by Gasteiger charge is 2.22. The van der Waals surface area contributed by atoms with Crippen molar-refractivity contribution in [3.8, 4) is 5.75 Å². The van der Waals surface area contributed by atoms with E-state index in [0.717, 1.165) is 44.1 Å². The van der Waals surface area contributed by atoms with Gasteiger partial charge >= 0.3 is 0 Å². The number of carbonyl (C=O) groups excluding carboxylic acids is 2. The number of piperazine rings is 1. The van der Waals surface area contributed by atoms with E-state index in [0.29, 0.717) is 11.3 Å². The Morgan fingerprint density at radius 2 is 1.76 bits per heavy atom. The van der Waals surface area contributed by atoms with Crippen molar-refractivity contribution < 1.29 is 19.2 Å². The number of ketones is 1. The molecule has 0 aliphatic carbocycles. The molecular weight excluding hydrogens is 366 g/mol. The van der Waals surface area contributed by atoms with Gasteiger partial charge in [-0.25, -0.2) is 0 Å². The van der Waals surface area contributed by atoms with Crippen molar-refractivity contribution in [1.82, 2.24) is 0 Å². The number of para-hydroxylation sites is 2. The molecule has 2 aromatic carbocycles. The molecule has 6 heteroatoms. The van der Waals surface area contributed by atoms with Crippen molar-refractivity contribution in [2.24, 2.45) is 0 Å². The van der Waals surface area contributed by atoms with E-state index < -0.39 is 6.10 Å². The fourth-order valence-electron chi connectivity index (χ4n) is 3.53. The van der Waals surface area contributed by atoms with Gasteiger partial charge in [-0.1, -0.05) is 12.1 Å².